The van der Waals surface area contributed by atoms with Gasteiger partial charge in [0.05, 0.1) is 5.56 Å². The number of hydrogen-bond acceptors (Lipinski definition) is 2. The van der Waals surface area contributed by atoms with Gasteiger partial charge in [-0.25, -0.2) is 0 Å². The lowest BCUT2D eigenvalue weighted by molar-refractivity contribution is 0.102. The Bertz CT molecular complexity index is 604. The van der Waals surface area contributed by atoms with Crippen LogP contribution in [0.15, 0.2) is 28.7 Å². The van der Waals surface area contributed by atoms with Crippen molar-refractivity contribution >= 4 is 38.9 Å². The van der Waals surface area contributed by atoms with Crippen LogP contribution in [0, 0.1) is 20.8 Å². The fourth-order valence-electron chi connectivity index (χ4n) is 1.78. The van der Waals surface area contributed by atoms with Crippen LogP contribution in [0.3, 0.4) is 0 Å². The van der Waals surface area contributed by atoms with Crippen molar-refractivity contribution in [2.75, 3.05) is 5.32 Å². The number of thiophene rings is 1. The number of nitrogens with one attached hydrogen (secondary N) is 1. The molecule has 1 heterocycles. The summed E-state index contributed by atoms with van der Waals surface area (Å²) in [6, 6.07) is 7.72. The van der Waals surface area contributed by atoms with Crippen molar-refractivity contribution in [1.29, 1.82) is 0 Å². The first kappa shape index (κ1) is 13.3. The Morgan fingerprint density at radius 2 is 1.94 bits per heavy atom. The van der Waals surface area contributed by atoms with E-state index in [4.69, 9.17) is 0 Å². The van der Waals surface area contributed by atoms with Crippen molar-refractivity contribution in [3.05, 3.63) is 49.6 Å². The monoisotopic (exact) mass is 323 g/mol. The molecule has 18 heavy (non-hydrogen) atoms. The molecule has 0 aliphatic heterocycles. The summed E-state index contributed by atoms with van der Waals surface area (Å²) in [7, 11) is 0. The highest BCUT2D eigenvalue weighted by Gasteiger charge is 2.12. The Morgan fingerprint density at radius 3 is 2.50 bits per heavy atom. The van der Waals surface area contributed by atoms with E-state index < -0.39 is 0 Å². The van der Waals surface area contributed by atoms with Gasteiger partial charge in [0.1, 0.15) is 0 Å². The zero-order valence-corrected chi connectivity index (χ0v) is 12.9. The van der Waals surface area contributed by atoms with Crippen molar-refractivity contribution in [3.63, 3.8) is 0 Å². The van der Waals surface area contributed by atoms with Gasteiger partial charge in [-0.15, -0.1) is 11.3 Å². The Hall–Kier alpha value is -1.13. The first-order valence-electron chi connectivity index (χ1n) is 5.62. The number of anilines is 1. The molecule has 0 fully saturated rings. The maximum absolute atomic E-state index is 12.1. The lowest BCUT2D eigenvalue weighted by Crippen LogP contribution is -2.12. The summed E-state index contributed by atoms with van der Waals surface area (Å²) in [6.45, 7) is 5.98. The van der Waals surface area contributed by atoms with Gasteiger partial charge >= 0.3 is 0 Å². The Balaban J connectivity index is 2.21. The minimum Gasteiger partial charge on any atom is -0.322 e. The van der Waals surface area contributed by atoms with Crippen LogP contribution in [0.25, 0.3) is 0 Å². The fraction of sp³-hybridized carbons (Fsp3) is 0.214. The summed E-state index contributed by atoms with van der Waals surface area (Å²) in [6.07, 6.45) is 0. The molecular weight excluding hydrogens is 310 g/mol. The van der Waals surface area contributed by atoms with Gasteiger partial charge in [0, 0.05) is 19.9 Å². The third-order valence-electron chi connectivity index (χ3n) is 2.70. The van der Waals surface area contributed by atoms with E-state index in [1.165, 1.54) is 0 Å². The van der Waals surface area contributed by atoms with Crippen molar-refractivity contribution in [3.8, 4) is 0 Å². The van der Waals surface area contributed by atoms with E-state index in [1.807, 2.05) is 45.0 Å². The molecule has 1 N–H and O–H groups in total. The first-order chi connectivity index (χ1) is 8.47. The highest BCUT2D eigenvalue weighted by molar-refractivity contribution is 9.10. The molecule has 0 spiro atoms. The van der Waals surface area contributed by atoms with Crippen LogP contribution in [-0.4, -0.2) is 5.91 Å². The van der Waals surface area contributed by atoms with E-state index in [0.717, 1.165) is 31.0 Å². The van der Waals surface area contributed by atoms with Crippen LogP contribution >= 0.6 is 27.3 Å². The molecule has 0 saturated carbocycles. The van der Waals surface area contributed by atoms with Crippen molar-refractivity contribution in [2.24, 2.45) is 0 Å². The zero-order chi connectivity index (χ0) is 13.3. The van der Waals surface area contributed by atoms with Gasteiger partial charge in [0.2, 0.25) is 0 Å². The number of halogens is 1. The smallest absolute Gasteiger partial charge is 0.256 e. The van der Waals surface area contributed by atoms with Gasteiger partial charge in [-0.05, 0) is 50.6 Å². The van der Waals surface area contributed by atoms with Crippen LogP contribution in [0.5, 0.6) is 0 Å². The van der Waals surface area contributed by atoms with Gasteiger partial charge < -0.3 is 5.32 Å². The third kappa shape index (κ3) is 2.82. The molecule has 0 radical (unpaired) electrons. The van der Waals surface area contributed by atoms with E-state index in [0.29, 0.717) is 0 Å². The predicted molar refractivity (Wildman–Crippen MR) is 80.6 cm³/mol. The Kier molecular flexibility index (Phi) is 3.88. The minimum absolute atomic E-state index is 0.0430. The molecule has 0 aliphatic carbocycles. The predicted octanol–water partition coefficient (Wildman–Crippen LogP) is 4.69. The molecule has 0 aliphatic rings. The van der Waals surface area contributed by atoms with Crippen LogP contribution in [-0.2, 0) is 0 Å². The van der Waals surface area contributed by atoms with Crippen molar-refractivity contribution < 1.29 is 4.79 Å². The number of carbonyl (C=O) groups is 1. The van der Waals surface area contributed by atoms with Gasteiger partial charge in [-0.3, -0.25) is 4.79 Å². The first-order valence-corrected chi connectivity index (χ1v) is 7.23. The minimum atomic E-state index is -0.0430. The zero-order valence-electron chi connectivity index (χ0n) is 10.5. The van der Waals surface area contributed by atoms with Crippen LogP contribution in [0.1, 0.15) is 25.7 Å². The molecule has 2 aromatic rings. The van der Waals surface area contributed by atoms with Crippen LogP contribution in [0.2, 0.25) is 0 Å². The molecule has 1 aromatic carbocycles. The molecule has 0 saturated heterocycles. The maximum Gasteiger partial charge on any atom is 0.256 e. The highest BCUT2D eigenvalue weighted by Crippen LogP contribution is 2.23. The normalized spacial score (nSPS) is 10.4. The number of aryl methyl sites for hydroxylation is 3. The quantitative estimate of drug-likeness (QED) is 0.853. The van der Waals surface area contributed by atoms with Crippen LogP contribution in [0.4, 0.5) is 5.69 Å². The summed E-state index contributed by atoms with van der Waals surface area (Å²) in [5, 5.41) is 2.93. The molecule has 1 amide bonds. The van der Waals surface area contributed by atoms with E-state index in [-0.39, 0.29) is 5.91 Å². The summed E-state index contributed by atoms with van der Waals surface area (Å²) in [5.41, 5.74) is 2.69. The highest BCUT2D eigenvalue weighted by atomic mass is 79.9. The summed E-state index contributed by atoms with van der Waals surface area (Å²) in [5.74, 6) is -0.0430. The number of rotatable bonds is 2. The fourth-order valence-corrected chi connectivity index (χ4v) is 2.95. The largest absolute Gasteiger partial charge is 0.322 e. The van der Waals surface area contributed by atoms with E-state index in [2.05, 4.69) is 21.2 Å². The number of amides is 1. The molecule has 0 unspecified atom stereocenters. The standard InChI is InChI=1S/C14H14BrNOS/c1-8-6-11(4-5-13(8)15)16-14(17)12-7-9(2)18-10(12)3/h4-7H,1-3H3,(H,16,17). The SMILES string of the molecule is Cc1cc(C(=O)Nc2ccc(Br)c(C)c2)c(C)s1. The topological polar surface area (TPSA) is 29.1 Å². The van der Waals surface area contributed by atoms with Gasteiger partial charge in [-0.2, -0.15) is 0 Å². The lowest BCUT2D eigenvalue weighted by atomic mass is 10.2. The molecule has 2 nitrogen and oxygen atoms in total. The molecule has 94 valence electrons. The number of hydrogen-bond donors (Lipinski definition) is 1. The molecule has 1 aromatic heterocycles. The Labute approximate surface area is 119 Å². The molecule has 0 atom stereocenters. The summed E-state index contributed by atoms with van der Waals surface area (Å²) in [4.78, 5) is 14.3. The third-order valence-corrected chi connectivity index (χ3v) is 4.56. The second-order valence-corrected chi connectivity index (χ2v) is 6.56. The van der Waals surface area contributed by atoms with Crippen molar-refractivity contribution in [2.45, 2.75) is 20.8 Å². The summed E-state index contributed by atoms with van der Waals surface area (Å²) >= 11 is 5.09. The van der Waals surface area contributed by atoms with E-state index in [9.17, 15) is 4.79 Å². The average molecular weight is 324 g/mol. The van der Waals surface area contributed by atoms with E-state index in [1.54, 1.807) is 11.3 Å². The van der Waals surface area contributed by atoms with Crippen LogP contribution < -0.4 is 5.32 Å². The van der Waals surface area contributed by atoms with E-state index >= 15 is 0 Å². The number of benzene rings is 1. The lowest BCUT2D eigenvalue weighted by Gasteiger charge is -2.06. The molecule has 0 bridgehead atoms. The molecular formula is C14H14BrNOS. The summed E-state index contributed by atoms with van der Waals surface area (Å²) < 4.78 is 1.04. The maximum atomic E-state index is 12.1. The molecule has 2 rings (SSSR count). The average Bonchev–Trinajstić information content (AvgIpc) is 2.63. The van der Waals surface area contributed by atoms with Gasteiger partial charge in [0.25, 0.3) is 5.91 Å². The van der Waals surface area contributed by atoms with Gasteiger partial charge in [-0.1, -0.05) is 15.9 Å². The van der Waals surface area contributed by atoms with Gasteiger partial charge in [0.15, 0.2) is 0 Å². The second-order valence-electron chi connectivity index (χ2n) is 4.24. The second kappa shape index (κ2) is 5.24. The Morgan fingerprint density at radius 1 is 1.22 bits per heavy atom. The number of carbonyl (C=O) groups excluding carboxylic acids is 1. The van der Waals surface area contributed by atoms with Crippen molar-refractivity contribution in [1.82, 2.24) is 0 Å². The molecule has 4 heteroatoms.